The molecule has 3 aromatic rings. The molecular weight excluding hydrogens is 250 g/mol. The van der Waals surface area contributed by atoms with Crippen LogP contribution in [-0.2, 0) is 0 Å². The molecule has 0 unspecified atom stereocenters. The summed E-state index contributed by atoms with van der Waals surface area (Å²) in [6, 6.07) is 5.54. The molecular formula is C16H15N3O. The van der Waals surface area contributed by atoms with Crippen LogP contribution in [0.15, 0.2) is 36.8 Å². The van der Waals surface area contributed by atoms with Crippen LogP contribution >= 0.6 is 0 Å². The Morgan fingerprint density at radius 1 is 1.20 bits per heavy atom. The minimum atomic E-state index is -0.0338. The van der Waals surface area contributed by atoms with Crippen LogP contribution in [0.3, 0.4) is 0 Å². The molecule has 2 aromatic heterocycles. The van der Waals surface area contributed by atoms with Gasteiger partial charge < -0.3 is 10.7 Å². The summed E-state index contributed by atoms with van der Waals surface area (Å²) in [5.74, 6) is -0.0338. The van der Waals surface area contributed by atoms with Crippen LogP contribution in [0.25, 0.3) is 10.9 Å². The molecule has 0 amide bonds. The number of nitrogen functional groups attached to an aromatic ring is 1. The monoisotopic (exact) mass is 265 g/mol. The maximum absolute atomic E-state index is 12.7. The van der Waals surface area contributed by atoms with Gasteiger partial charge in [-0.15, -0.1) is 0 Å². The standard InChI is InChI=1S/C16H15N3O/c1-9-5-10(2)14(17)6-11(9)16(20)13-8-19-15-3-4-18-7-12(13)15/h3-8,19H,17H2,1-2H3. The average molecular weight is 265 g/mol. The van der Waals surface area contributed by atoms with Gasteiger partial charge in [-0.1, -0.05) is 6.07 Å². The van der Waals surface area contributed by atoms with Gasteiger partial charge in [-0.2, -0.15) is 0 Å². The highest BCUT2D eigenvalue weighted by atomic mass is 16.1. The first-order valence-corrected chi connectivity index (χ1v) is 6.40. The average Bonchev–Trinajstić information content (AvgIpc) is 2.86. The van der Waals surface area contributed by atoms with Crippen molar-refractivity contribution in [1.29, 1.82) is 0 Å². The van der Waals surface area contributed by atoms with E-state index in [2.05, 4.69) is 9.97 Å². The quantitative estimate of drug-likeness (QED) is 0.552. The van der Waals surface area contributed by atoms with Crippen molar-refractivity contribution >= 4 is 22.4 Å². The molecule has 20 heavy (non-hydrogen) atoms. The summed E-state index contributed by atoms with van der Waals surface area (Å²) in [5, 5.41) is 0.830. The number of nitrogens with one attached hydrogen (secondary N) is 1. The van der Waals surface area contributed by atoms with Gasteiger partial charge in [-0.25, -0.2) is 0 Å². The lowest BCUT2D eigenvalue weighted by Gasteiger charge is -2.08. The zero-order chi connectivity index (χ0) is 14.3. The first-order valence-electron chi connectivity index (χ1n) is 6.40. The van der Waals surface area contributed by atoms with Crippen molar-refractivity contribution < 1.29 is 4.79 Å². The van der Waals surface area contributed by atoms with Gasteiger partial charge in [0.15, 0.2) is 5.78 Å². The number of aromatic nitrogens is 2. The number of benzene rings is 1. The predicted octanol–water partition coefficient (Wildman–Crippen LogP) is 2.99. The number of aromatic amines is 1. The van der Waals surface area contributed by atoms with Crippen LogP contribution in [0.5, 0.6) is 0 Å². The maximum atomic E-state index is 12.7. The molecule has 0 atom stereocenters. The molecule has 0 fully saturated rings. The first-order chi connectivity index (χ1) is 9.58. The number of aryl methyl sites for hydroxylation is 2. The van der Waals surface area contributed by atoms with Gasteiger partial charge in [0.1, 0.15) is 0 Å². The molecule has 0 spiro atoms. The van der Waals surface area contributed by atoms with E-state index in [1.165, 1.54) is 0 Å². The number of nitrogens with zero attached hydrogens (tertiary/aromatic N) is 1. The number of carbonyl (C=O) groups excluding carboxylic acids is 1. The van der Waals surface area contributed by atoms with E-state index < -0.39 is 0 Å². The largest absolute Gasteiger partial charge is 0.398 e. The third-order valence-corrected chi connectivity index (χ3v) is 3.59. The van der Waals surface area contributed by atoms with Gasteiger partial charge in [0.25, 0.3) is 0 Å². The van der Waals surface area contributed by atoms with E-state index in [-0.39, 0.29) is 5.78 Å². The second kappa shape index (κ2) is 4.49. The SMILES string of the molecule is Cc1cc(C)c(C(=O)c2c[nH]c3ccncc23)cc1N. The van der Waals surface area contributed by atoms with Crippen molar-refractivity contribution in [3.05, 3.63) is 59.0 Å². The van der Waals surface area contributed by atoms with E-state index in [0.717, 1.165) is 22.0 Å². The molecule has 2 heterocycles. The smallest absolute Gasteiger partial charge is 0.195 e. The number of H-pyrrole nitrogens is 1. The molecule has 0 radical (unpaired) electrons. The highest BCUT2D eigenvalue weighted by Gasteiger charge is 2.17. The molecule has 0 saturated heterocycles. The Morgan fingerprint density at radius 3 is 2.80 bits per heavy atom. The lowest BCUT2D eigenvalue weighted by Crippen LogP contribution is -2.05. The van der Waals surface area contributed by atoms with E-state index in [9.17, 15) is 4.79 Å². The number of hydrogen-bond acceptors (Lipinski definition) is 3. The van der Waals surface area contributed by atoms with Crippen molar-refractivity contribution in [3.8, 4) is 0 Å². The van der Waals surface area contributed by atoms with Crippen LogP contribution in [0, 0.1) is 13.8 Å². The Morgan fingerprint density at radius 2 is 2.00 bits per heavy atom. The van der Waals surface area contributed by atoms with Gasteiger partial charge in [-0.3, -0.25) is 9.78 Å². The van der Waals surface area contributed by atoms with E-state index in [1.54, 1.807) is 24.7 Å². The molecule has 0 saturated carbocycles. The van der Waals surface area contributed by atoms with Crippen LogP contribution in [0.1, 0.15) is 27.0 Å². The zero-order valence-electron chi connectivity index (χ0n) is 11.4. The van der Waals surface area contributed by atoms with Gasteiger partial charge in [-0.05, 0) is 37.1 Å². The van der Waals surface area contributed by atoms with E-state index in [1.807, 2.05) is 26.0 Å². The van der Waals surface area contributed by atoms with E-state index >= 15 is 0 Å². The second-order valence-electron chi connectivity index (χ2n) is 4.98. The van der Waals surface area contributed by atoms with Crippen LogP contribution in [0.2, 0.25) is 0 Å². The first kappa shape index (κ1) is 12.4. The molecule has 0 aliphatic carbocycles. The molecule has 100 valence electrons. The van der Waals surface area contributed by atoms with E-state index in [4.69, 9.17) is 5.73 Å². The fourth-order valence-electron chi connectivity index (χ4n) is 2.41. The normalized spacial score (nSPS) is 10.9. The second-order valence-corrected chi connectivity index (χ2v) is 4.98. The summed E-state index contributed by atoms with van der Waals surface area (Å²) in [6.45, 7) is 3.86. The number of pyridine rings is 1. The van der Waals surface area contributed by atoms with Crippen molar-refractivity contribution in [2.24, 2.45) is 0 Å². The van der Waals surface area contributed by atoms with Gasteiger partial charge in [0.2, 0.25) is 0 Å². The molecule has 3 rings (SSSR count). The molecule has 4 nitrogen and oxygen atoms in total. The number of carbonyl (C=O) groups is 1. The van der Waals surface area contributed by atoms with Crippen molar-refractivity contribution in [3.63, 3.8) is 0 Å². The van der Waals surface area contributed by atoms with Crippen LogP contribution in [-0.4, -0.2) is 15.8 Å². The Kier molecular flexibility index (Phi) is 2.79. The van der Waals surface area contributed by atoms with Gasteiger partial charge in [0, 0.05) is 46.3 Å². The number of fused-ring (bicyclic) bond motifs is 1. The van der Waals surface area contributed by atoms with E-state index in [0.29, 0.717) is 16.8 Å². The number of hydrogen-bond donors (Lipinski definition) is 2. The number of anilines is 1. The summed E-state index contributed by atoms with van der Waals surface area (Å²) in [4.78, 5) is 19.9. The topological polar surface area (TPSA) is 71.8 Å². The number of rotatable bonds is 2. The molecule has 0 aliphatic rings. The lowest BCUT2D eigenvalue weighted by atomic mass is 9.96. The van der Waals surface area contributed by atoms with Crippen molar-refractivity contribution in [2.75, 3.05) is 5.73 Å². The Labute approximate surface area is 116 Å². The highest BCUT2D eigenvalue weighted by Crippen LogP contribution is 2.24. The Balaban J connectivity index is 2.16. The van der Waals surface area contributed by atoms with Crippen LogP contribution < -0.4 is 5.73 Å². The minimum absolute atomic E-state index is 0.0338. The maximum Gasteiger partial charge on any atom is 0.195 e. The highest BCUT2D eigenvalue weighted by molar-refractivity contribution is 6.17. The number of nitrogens with two attached hydrogens (primary N) is 1. The van der Waals surface area contributed by atoms with Gasteiger partial charge >= 0.3 is 0 Å². The minimum Gasteiger partial charge on any atom is -0.398 e. The zero-order valence-corrected chi connectivity index (χ0v) is 11.4. The fraction of sp³-hybridized carbons (Fsp3) is 0.125. The molecule has 4 heteroatoms. The summed E-state index contributed by atoms with van der Waals surface area (Å²) >= 11 is 0. The third-order valence-electron chi connectivity index (χ3n) is 3.59. The Hall–Kier alpha value is -2.62. The Bertz CT molecular complexity index is 818. The molecule has 0 bridgehead atoms. The summed E-state index contributed by atoms with van der Waals surface area (Å²) < 4.78 is 0. The summed E-state index contributed by atoms with van der Waals surface area (Å²) in [7, 11) is 0. The number of ketones is 1. The third kappa shape index (κ3) is 1.86. The summed E-state index contributed by atoms with van der Waals surface area (Å²) in [5.41, 5.74) is 10.6. The van der Waals surface area contributed by atoms with Crippen molar-refractivity contribution in [2.45, 2.75) is 13.8 Å². The predicted molar refractivity (Wildman–Crippen MR) is 79.9 cm³/mol. The lowest BCUT2D eigenvalue weighted by molar-refractivity contribution is 0.104. The fourth-order valence-corrected chi connectivity index (χ4v) is 2.41. The summed E-state index contributed by atoms with van der Waals surface area (Å²) in [6.07, 6.45) is 5.12. The van der Waals surface area contributed by atoms with Gasteiger partial charge in [0.05, 0.1) is 0 Å². The molecule has 3 N–H and O–H groups in total. The van der Waals surface area contributed by atoms with Crippen LogP contribution in [0.4, 0.5) is 5.69 Å². The van der Waals surface area contributed by atoms with Crippen molar-refractivity contribution in [1.82, 2.24) is 9.97 Å². The molecule has 0 aliphatic heterocycles. The molecule has 1 aromatic carbocycles.